The van der Waals surface area contributed by atoms with Gasteiger partial charge in [-0.3, -0.25) is 29.0 Å². The summed E-state index contributed by atoms with van der Waals surface area (Å²) >= 11 is 0. The summed E-state index contributed by atoms with van der Waals surface area (Å²) in [5.74, 6) is -6.66. The number of aryl methyl sites for hydroxylation is 1. The van der Waals surface area contributed by atoms with Gasteiger partial charge in [0.2, 0.25) is 35.5 Å². The smallest absolute Gasteiger partial charge is 0.328 e. The fourth-order valence-electron chi connectivity index (χ4n) is 4.36. The van der Waals surface area contributed by atoms with Crippen molar-refractivity contribution in [1.82, 2.24) is 26.0 Å². The van der Waals surface area contributed by atoms with E-state index in [-0.39, 0.29) is 49.5 Å². The van der Waals surface area contributed by atoms with E-state index in [0.717, 1.165) is 5.56 Å². The number of aliphatic hydroxyl groups excluding tert-OH is 2. The molecule has 14 N–H and O–H groups in total. The molecular formula is C30H49N9O11S. The summed E-state index contributed by atoms with van der Waals surface area (Å²) in [6.45, 7) is 3.26. The van der Waals surface area contributed by atoms with Crippen LogP contribution in [0.25, 0.3) is 0 Å². The van der Waals surface area contributed by atoms with Crippen molar-refractivity contribution in [2.75, 3.05) is 19.8 Å². The third kappa shape index (κ3) is 16.1. The van der Waals surface area contributed by atoms with E-state index in [9.17, 15) is 47.4 Å². The fourth-order valence-corrected chi connectivity index (χ4v) is 5.31. The molecular weight excluding hydrogens is 694 g/mol. The Morgan fingerprint density at radius 1 is 0.784 bits per heavy atom. The van der Waals surface area contributed by atoms with Crippen molar-refractivity contribution in [3.8, 4) is 0 Å². The molecule has 0 aliphatic heterocycles. The van der Waals surface area contributed by atoms with E-state index in [4.69, 9.17) is 22.3 Å². The van der Waals surface area contributed by atoms with Gasteiger partial charge in [-0.1, -0.05) is 31.5 Å². The Kier molecular flexibility index (Phi) is 18.5. The van der Waals surface area contributed by atoms with Crippen molar-refractivity contribution < 1.29 is 52.5 Å². The average Bonchev–Trinajstić information content (AvgIpc) is 3.04. The molecule has 0 heterocycles. The van der Waals surface area contributed by atoms with E-state index in [0.29, 0.717) is 0 Å². The molecule has 0 unspecified atom stereocenters. The zero-order valence-corrected chi connectivity index (χ0v) is 29.4. The third-order valence-electron chi connectivity index (χ3n) is 7.12. The van der Waals surface area contributed by atoms with Crippen LogP contribution >= 0.6 is 0 Å². The highest BCUT2D eigenvalue weighted by Gasteiger charge is 2.31. The van der Waals surface area contributed by atoms with E-state index < -0.39 is 94.9 Å². The van der Waals surface area contributed by atoms with Gasteiger partial charge in [-0.2, -0.15) is 0 Å². The maximum atomic E-state index is 13.4. The summed E-state index contributed by atoms with van der Waals surface area (Å²) in [7, 11) is -4.06. The number of carbonyl (C=O) groups is 6. The molecule has 21 heteroatoms. The Labute approximate surface area is 295 Å². The van der Waals surface area contributed by atoms with Gasteiger partial charge in [-0.05, 0) is 50.7 Å². The van der Waals surface area contributed by atoms with Gasteiger partial charge in [-0.15, -0.1) is 0 Å². The first-order chi connectivity index (χ1) is 23.8. The first kappa shape index (κ1) is 44.2. The van der Waals surface area contributed by atoms with E-state index in [1.807, 2.05) is 19.2 Å². The van der Waals surface area contributed by atoms with Crippen LogP contribution in [0.1, 0.15) is 51.5 Å². The number of nitrogens with one attached hydrogen (secondary N) is 5. The van der Waals surface area contributed by atoms with Crippen molar-refractivity contribution in [3.05, 3.63) is 29.8 Å². The number of aliphatic carboxylic acids is 1. The predicted molar refractivity (Wildman–Crippen MR) is 183 cm³/mol. The quantitative estimate of drug-likeness (QED) is 0.0307. The highest BCUT2D eigenvalue weighted by atomic mass is 32.2. The average molecular weight is 744 g/mol. The van der Waals surface area contributed by atoms with Crippen LogP contribution in [0, 0.1) is 12.8 Å². The number of amides is 5. The van der Waals surface area contributed by atoms with Crippen molar-refractivity contribution in [1.29, 1.82) is 0 Å². The lowest BCUT2D eigenvalue weighted by atomic mass is 10.0. The summed E-state index contributed by atoms with van der Waals surface area (Å²) < 4.78 is 27.3. The molecule has 0 saturated heterocycles. The van der Waals surface area contributed by atoms with Crippen molar-refractivity contribution in [2.24, 2.45) is 28.1 Å². The van der Waals surface area contributed by atoms with Crippen molar-refractivity contribution in [3.63, 3.8) is 0 Å². The molecule has 0 spiro atoms. The van der Waals surface area contributed by atoms with Gasteiger partial charge >= 0.3 is 5.97 Å². The molecule has 0 bridgehead atoms. The summed E-state index contributed by atoms with van der Waals surface area (Å²) in [5.41, 5.74) is 17.8. The van der Waals surface area contributed by atoms with Crippen molar-refractivity contribution in [2.45, 2.75) is 88.0 Å². The minimum atomic E-state index is -4.06. The van der Waals surface area contributed by atoms with Crippen LogP contribution in [0.2, 0.25) is 0 Å². The van der Waals surface area contributed by atoms with Gasteiger partial charge in [0.15, 0.2) is 0 Å². The number of hydrogen-bond acceptors (Lipinski definition) is 12. The van der Waals surface area contributed by atoms with E-state index in [2.05, 4.69) is 25.7 Å². The zero-order chi connectivity index (χ0) is 38.9. The molecule has 20 nitrogen and oxygen atoms in total. The normalized spacial score (nSPS) is 14.7. The Bertz CT molecular complexity index is 1500. The number of carbonyl (C=O) groups excluding carboxylic acids is 5. The molecule has 51 heavy (non-hydrogen) atoms. The minimum absolute atomic E-state index is 0.0233. The molecule has 286 valence electrons. The fraction of sp³-hybridized carbons (Fsp3) is 0.567. The molecule has 0 radical (unpaired) electrons. The van der Waals surface area contributed by atoms with Crippen LogP contribution in [0.4, 0.5) is 0 Å². The standard InChI is InChI=1S/C30H49N9O11S/c1-16(2)13-19(31)25(43)35-21(10-11-24(32)42)27(45)36-20(26(44)37-22(14-40)28(46)38-23(15-41)29(47)48)5-4-12-34-30(33)39-51(49,50)18-8-6-17(3)7-9-18/h6-9,16,19-23,40-41H,4-5,10-15,31H2,1-3H3,(H2,32,42)(H,35,43)(H,36,45)(H,37,44)(H,38,46)(H,47,48)(H3,33,34,39)/t19-,20-,21-,22-,23-/m0/s1. The monoisotopic (exact) mass is 743 g/mol. The summed E-state index contributed by atoms with van der Waals surface area (Å²) in [6, 6.07) is -1.43. The van der Waals surface area contributed by atoms with E-state index in [1.165, 1.54) is 12.1 Å². The van der Waals surface area contributed by atoms with Crippen LogP contribution in [0.15, 0.2) is 34.2 Å². The van der Waals surface area contributed by atoms with Crippen molar-refractivity contribution >= 4 is 51.5 Å². The van der Waals surface area contributed by atoms with Gasteiger partial charge in [0.1, 0.15) is 24.2 Å². The number of benzene rings is 1. The number of nitrogens with two attached hydrogens (primary N) is 3. The summed E-state index contributed by atoms with van der Waals surface area (Å²) in [4.78, 5) is 78.7. The zero-order valence-electron chi connectivity index (χ0n) is 28.6. The second kappa shape index (κ2) is 21.4. The lowest BCUT2D eigenvalue weighted by Gasteiger charge is -2.26. The molecule has 1 aromatic carbocycles. The molecule has 1 aromatic rings. The lowest BCUT2D eigenvalue weighted by Crippen LogP contribution is -2.59. The van der Waals surface area contributed by atoms with Gasteiger partial charge in [0.25, 0.3) is 10.0 Å². The predicted octanol–water partition coefficient (Wildman–Crippen LogP) is -3.98. The SMILES string of the molecule is Cc1ccc(S(=O)(=O)NC(N)=NCCC[C@H](NC(=O)[C@H](CCC(N)=O)NC(=O)[C@@H](N)CC(C)C)C(=O)N[C@@H](CO)C(=O)N[C@@H](CO)C(=O)O)cc1. The number of aliphatic imine (C=N–C) groups is 1. The molecule has 0 aliphatic rings. The maximum absolute atomic E-state index is 13.4. The highest BCUT2D eigenvalue weighted by Crippen LogP contribution is 2.10. The highest BCUT2D eigenvalue weighted by molar-refractivity contribution is 7.90. The molecule has 0 saturated carbocycles. The molecule has 1 rings (SSSR count). The number of guanidine groups is 1. The first-order valence-electron chi connectivity index (χ1n) is 15.9. The van der Waals surface area contributed by atoms with Crippen LogP contribution in [0.5, 0.6) is 0 Å². The third-order valence-corrected chi connectivity index (χ3v) is 8.49. The first-order valence-corrected chi connectivity index (χ1v) is 17.4. The number of primary amides is 1. The van der Waals surface area contributed by atoms with Gasteiger partial charge in [-0.25, -0.2) is 17.9 Å². The molecule has 5 amide bonds. The van der Waals surface area contributed by atoms with Gasteiger partial charge in [0, 0.05) is 13.0 Å². The lowest BCUT2D eigenvalue weighted by molar-refractivity contribution is -0.143. The van der Waals surface area contributed by atoms with Crippen LogP contribution in [-0.4, -0.2) is 115 Å². The Morgan fingerprint density at radius 2 is 1.27 bits per heavy atom. The number of carboxylic acids is 1. The second-order valence-electron chi connectivity index (χ2n) is 12.0. The molecule has 0 aromatic heterocycles. The minimum Gasteiger partial charge on any atom is -0.480 e. The molecule has 5 atom stereocenters. The number of sulfonamides is 1. The van der Waals surface area contributed by atoms with Crippen LogP contribution in [0.3, 0.4) is 0 Å². The number of carboxylic acid groups (broad SMARTS) is 1. The number of hydrogen-bond donors (Lipinski definition) is 11. The topological polar surface area (TPSA) is 348 Å². The van der Waals surface area contributed by atoms with Gasteiger partial charge < -0.3 is 53.8 Å². The number of rotatable bonds is 22. The molecule has 0 aliphatic carbocycles. The largest absolute Gasteiger partial charge is 0.480 e. The molecule has 0 fully saturated rings. The van der Waals surface area contributed by atoms with Crippen LogP contribution in [-0.2, 0) is 38.8 Å². The Morgan fingerprint density at radius 3 is 1.78 bits per heavy atom. The Balaban J connectivity index is 3.22. The maximum Gasteiger partial charge on any atom is 0.328 e. The second-order valence-corrected chi connectivity index (χ2v) is 13.7. The summed E-state index contributed by atoms with van der Waals surface area (Å²) in [6.07, 6.45) is -0.572. The van der Waals surface area contributed by atoms with E-state index in [1.54, 1.807) is 19.1 Å². The van der Waals surface area contributed by atoms with Crippen LogP contribution < -0.4 is 43.2 Å². The van der Waals surface area contributed by atoms with E-state index >= 15 is 0 Å². The summed E-state index contributed by atoms with van der Waals surface area (Å²) in [5, 5.41) is 37.1. The van der Waals surface area contributed by atoms with Gasteiger partial charge in [0.05, 0.1) is 24.2 Å². The Hall–Kier alpha value is -4.86. The number of aliphatic hydroxyl groups is 2. The number of nitrogens with zero attached hydrogens (tertiary/aromatic N) is 1.